The minimum atomic E-state index is -1.01. The normalized spacial score (nSPS) is 14.0. The molecule has 0 unspecified atom stereocenters. The number of hydrogen-bond acceptors (Lipinski definition) is 4. The second kappa shape index (κ2) is 6.56. The zero-order valence-electron chi connectivity index (χ0n) is 10.9. The van der Waals surface area contributed by atoms with Gasteiger partial charge < -0.3 is 15.9 Å². The first-order chi connectivity index (χ1) is 9.65. The van der Waals surface area contributed by atoms with Gasteiger partial charge in [-0.15, -0.1) is 0 Å². The third kappa shape index (κ3) is 3.19. The minimum absolute atomic E-state index is 0.0907. The standard InChI is InChI=1S/C15H17FN2O2/c16-7-14(17)15(20)11-3-1-10(2-4-11)12-5-6-13(9-19)18-8-12/h1-6,8,14-15,19-20H,7,9,17H2/t14-,15-/m1/s1. The molecule has 2 rings (SSSR count). The molecule has 0 fully saturated rings. The van der Waals surface area contributed by atoms with Crippen molar-refractivity contribution in [2.75, 3.05) is 6.67 Å². The predicted octanol–water partition coefficient (Wildman–Crippen LogP) is 1.57. The first kappa shape index (κ1) is 14.6. The van der Waals surface area contributed by atoms with E-state index in [1.807, 2.05) is 18.2 Å². The highest BCUT2D eigenvalue weighted by Gasteiger charge is 2.16. The Hall–Kier alpha value is -1.82. The first-order valence-electron chi connectivity index (χ1n) is 6.31. The van der Waals surface area contributed by atoms with E-state index in [-0.39, 0.29) is 6.61 Å². The van der Waals surface area contributed by atoms with Crippen LogP contribution in [0.3, 0.4) is 0 Å². The van der Waals surface area contributed by atoms with E-state index in [0.29, 0.717) is 11.3 Å². The lowest BCUT2D eigenvalue weighted by Crippen LogP contribution is -2.30. The smallest absolute Gasteiger partial charge is 0.107 e. The predicted molar refractivity (Wildman–Crippen MR) is 74.5 cm³/mol. The fourth-order valence-electron chi connectivity index (χ4n) is 1.89. The van der Waals surface area contributed by atoms with Crippen LogP contribution in [-0.2, 0) is 6.61 Å². The number of aromatic nitrogens is 1. The maximum atomic E-state index is 12.4. The molecule has 0 saturated heterocycles. The van der Waals surface area contributed by atoms with Crippen molar-refractivity contribution in [1.29, 1.82) is 0 Å². The summed E-state index contributed by atoms with van der Waals surface area (Å²) in [5, 5.41) is 18.8. The van der Waals surface area contributed by atoms with Crippen LogP contribution < -0.4 is 5.73 Å². The second-order valence-electron chi connectivity index (χ2n) is 4.58. The molecule has 0 radical (unpaired) electrons. The Morgan fingerprint density at radius 3 is 2.25 bits per heavy atom. The highest BCUT2D eigenvalue weighted by atomic mass is 19.1. The van der Waals surface area contributed by atoms with E-state index in [0.717, 1.165) is 11.1 Å². The van der Waals surface area contributed by atoms with Crippen LogP contribution in [-0.4, -0.2) is 27.9 Å². The number of hydrogen-bond donors (Lipinski definition) is 3. The summed E-state index contributed by atoms with van der Waals surface area (Å²) >= 11 is 0. The summed E-state index contributed by atoms with van der Waals surface area (Å²) in [4.78, 5) is 4.10. The van der Waals surface area contributed by atoms with E-state index >= 15 is 0 Å². The molecule has 4 N–H and O–H groups in total. The molecule has 1 aromatic carbocycles. The zero-order valence-corrected chi connectivity index (χ0v) is 10.9. The molecule has 106 valence electrons. The molecule has 0 spiro atoms. The Balaban J connectivity index is 2.18. The van der Waals surface area contributed by atoms with E-state index in [1.54, 1.807) is 24.4 Å². The largest absolute Gasteiger partial charge is 0.390 e. The summed E-state index contributed by atoms with van der Waals surface area (Å²) < 4.78 is 12.4. The maximum absolute atomic E-state index is 12.4. The lowest BCUT2D eigenvalue weighted by atomic mass is 10.00. The molecule has 0 aliphatic heterocycles. The quantitative estimate of drug-likeness (QED) is 0.774. The number of rotatable bonds is 5. The molecule has 5 heteroatoms. The van der Waals surface area contributed by atoms with Gasteiger partial charge in [0.15, 0.2) is 0 Å². The molecule has 0 aliphatic rings. The number of nitrogens with zero attached hydrogens (tertiary/aromatic N) is 1. The van der Waals surface area contributed by atoms with E-state index in [1.165, 1.54) is 0 Å². The Kier molecular flexibility index (Phi) is 4.79. The highest BCUT2D eigenvalue weighted by Crippen LogP contribution is 2.22. The van der Waals surface area contributed by atoms with Gasteiger partial charge in [0.05, 0.1) is 24.4 Å². The van der Waals surface area contributed by atoms with Gasteiger partial charge >= 0.3 is 0 Å². The molecule has 0 aliphatic carbocycles. The topological polar surface area (TPSA) is 79.4 Å². The Bertz CT molecular complexity index is 543. The van der Waals surface area contributed by atoms with Gasteiger partial charge in [-0.2, -0.15) is 0 Å². The monoisotopic (exact) mass is 276 g/mol. The highest BCUT2D eigenvalue weighted by molar-refractivity contribution is 5.62. The average Bonchev–Trinajstić information content (AvgIpc) is 2.53. The van der Waals surface area contributed by atoms with Crippen molar-refractivity contribution in [3.63, 3.8) is 0 Å². The van der Waals surface area contributed by atoms with Crippen molar-refractivity contribution in [2.24, 2.45) is 5.73 Å². The number of aliphatic hydroxyl groups is 2. The fraction of sp³-hybridized carbons (Fsp3) is 0.267. The van der Waals surface area contributed by atoms with Gasteiger partial charge in [-0.3, -0.25) is 4.98 Å². The van der Waals surface area contributed by atoms with Crippen molar-refractivity contribution in [3.05, 3.63) is 53.9 Å². The molecular weight excluding hydrogens is 259 g/mol. The third-order valence-electron chi connectivity index (χ3n) is 3.16. The number of pyridine rings is 1. The summed E-state index contributed by atoms with van der Waals surface area (Å²) in [5.74, 6) is 0. The molecule has 0 saturated carbocycles. The summed E-state index contributed by atoms with van der Waals surface area (Å²) in [6.07, 6.45) is 0.661. The van der Waals surface area contributed by atoms with Gasteiger partial charge in [-0.05, 0) is 17.2 Å². The van der Waals surface area contributed by atoms with Crippen molar-refractivity contribution >= 4 is 0 Å². The van der Waals surface area contributed by atoms with Crippen LogP contribution in [0.15, 0.2) is 42.6 Å². The van der Waals surface area contributed by atoms with Crippen molar-refractivity contribution < 1.29 is 14.6 Å². The summed E-state index contributed by atoms with van der Waals surface area (Å²) in [5.41, 5.74) is 8.48. The third-order valence-corrected chi connectivity index (χ3v) is 3.16. The number of halogens is 1. The van der Waals surface area contributed by atoms with E-state index in [4.69, 9.17) is 10.8 Å². The molecule has 20 heavy (non-hydrogen) atoms. The first-order valence-corrected chi connectivity index (χ1v) is 6.31. The van der Waals surface area contributed by atoms with Gasteiger partial charge in [-0.25, -0.2) is 4.39 Å². The van der Waals surface area contributed by atoms with E-state index < -0.39 is 18.8 Å². The molecule has 4 nitrogen and oxygen atoms in total. The van der Waals surface area contributed by atoms with Gasteiger partial charge in [-0.1, -0.05) is 30.3 Å². The maximum Gasteiger partial charge on any atom is 0.107 e. The zero-order chi connectivity index (χ0) is 14.5. The lowest BCUT2D eigenvalue weighted by Gasteiger charge is -2.16. The van der Waals surface area contributed by atoms with Crippen LogP contribution in [0, 0.1) is 0 Å². The Morgan fingerprint density at radius 1 is 1.10 bits per heavy atom. The van der Waals surface area contributed by atoms with Crippen LogP contribution in [0.1, 0.15) is 17.4 Å². The summed E-state index contributed by atoms with van der Waals surface area (Å²) in [6.45, 7) is -0.859. The average molecular weight is 276 g/mol. The van der Waals surface area contributed by atoms with Crippen LogP contribution in [0.25, 0.3) is 11.1 Å². The molecule has 1 heterocycles. The van der Waals surface area contributed by atoms with Gasteiger partial charge in [0, 0.05) is 11.8 Å². The molecule has 0 amide bonds. The van der Waals surface area contributed by atoms with Crippen molar-refractivity contribution in [1.82, 2.24) is 4.98 Å². The Labute approximate surface area is 116 Å². The van der Waals surface area contributed by atoms with Crippen LogP contribution in [0.2, 0.25) is 0 Å². The van der Waals surface area contributed by atoms with Crippen LogP contribution in [0.4, 0.5) is 4.39 Å². The number of benzene rings is 1. The van der Waals surface area contributed by atoms with Crippen molar-refractivity contribution in [2.45, 2.75) is 18.8 Å². The van der Waals surface area contributed by atoms with Gasteiger partial charge in [0.1, 0.15) is 6.67 Å². The SMILES string of the molecule is N[C@H](CF)[C@H](O)c1ccc(-c2ccc(CO)nc2)cc1. The summed E-state index contributed by atoms with van der Waals surface area (Å²) in [7, 11) is 0. The van der Waals surface area contributed by atoms with E-state index in [2.05, 4.69) is 4.98 Å². The fourth-order valence-corrected chi connectivity index (χ4v) is 1.89. The Morgan fingerprint density at radius 2 is 1.75 bits per heavy atom. The molecule has 2 atom stereocenters. The summed E-state index contributed by atoms with van der Waals surface area (Å²) in [6, 6.07) is 9.77. The van der Waals surface area contributed by atoms with Crippen molar-refractivity contribution in [3.8, 4) is 11.1 Å². The number of nitrogens with two attached hydrogens (primary N) is 1. The molecular formula is C15H17FN2O2. The van der Waals surface area contributed by atoms with Crippen LogP contribution >= 0.6 is 0 Å². The molecule has 2 aromatic rings. The van der Waals surface area contributed by atoms with Gasteiger partial charge in [0.25, 0.3) is 0 Å². The van der Waals surface area contributed by atoms with Gasteiger partial charge in [0.2, 0.25) is 0 Å². The molecule has 1 aromatic heterocycles. The van der Waals surface area contributed by atoms with Crippen LogP contribution in [0.5, 0.6) is 0 Å². The molecule has 0 bridgehead atoms. The number of alkyl halides is 1. The second-order valence-corrected chi connectivity index (χ2v) is 4.58. The van der Waals surface area contributed by atoms with E-state index in [9.17, 15) is 9.50 Å². The number of aliphatic hydroxyl groups excluding tert-OH is 2. The minimum Gasteiger partial charge on any atom is -0.390 e. The lowest BCUT2D eigenvalue weighted by molar-refractivity contribution is 0.132.